The van der Waals surface area contributed by atoms with Crippen molar-refractivity contribution in [2.75, 3.05) is 11.9 Å². The lowest BCUT2D eigenvalue weighted by molar-refractivity contribution is -0.143. The Morgan fingerprint density at radius 3 is 2.86 bits per heavy atom. The highest BCUT2D eigenvalue weighted by Crippen LogP contribution is 2.43. The topological polar surface area (TPSA) is 103 Å². The van der Waals surface area contributed by atoms with Crippen LogP contribution in [0.1, 0.15) is 40.0 Å². The van der Waals surface area contributed by atoms with E-state index in [1.54, 1.807) is 12.5 Å². The molecular formula is C19H27N7O2. The summed E-state index contributed by atoms with van der Waals surface area (Å²) in [4.78, 5) is 17.4. The van der Waals surface area contributed by atoms with E-state index in [4.69, 9.17) is 4.74 Å². The Hall–Kier alpha value is -2.52. The number of nitrogens with zero attached hydrogens (tertiary/aromatic N) is 6. The van der Waals surface area contributed by atoms with E-state index in [1.165, 1.54) is 6.33 Å². The van der Waals surface area contributed by atoms with Gasteiger partial charge < -0.3 is 19.7 Å². The number of aryl methyl sites for hydroxylation is 1. The molecule has 0 saturated carbocycles. The van der Waals surface area contributed by atoms with Gasteiger partial charge in [-0.25, -0.2) is 19.9 Å². The minimum Gasteiger partial charge on any atom is -0.390 e. The van der Waals surface area contributed by atoms with Gasteiger partial charge in [-0.1, -0.05) is 6.92 Å². The van der Waals surface area contributed by atoms with Crippen LogP contribution in [-0.2, 0) is 17.0 Å². The molecule has 0 spiro atoms. The molecule has 3 aromatic rings. The average molecular weight is 385 g/mol. The Kier molecular flexibility index (Phi) is 4.80. The van der Waals surface area contributed by atoms with Gasteiger partial charge in [-0.05, 0) is 26.7 Å². The Morgan fingerprint density at radius 2 is 2.14 bits per heavy atom. The van der Waals surface area contributed by atoms with Crippen LogP contribution in [0.25, 0.3) is 11.2 Å². The highest BCUT2D eigenvalue weighted by molar-refractivity contribution is 5.82. The lowest BCUT2D eigenvalue weighted by Gasteiger charge is -2.31. The molecule has 1 saturated heterocycles. The van der Waals surface area contributed by atoms with Crippen molar-refractivity contribution >= 4 is 17.0 Å². The average Bonchev–Trinajstić information content (AvgIpc) is 3.39. The van der Waals surface area contributed by atoms with Crippen LogP contribution in [0, 0.1) is 0 Å². The highest BCUT2D eigenvalue weighted by Gasteiger charge is 2.51. The van der Waals surface area contributed by atoms with Crippen molar-refractivity contribution < 1.29 is 9.84 Å². The lowest BCUT2D eigenvalue weighted by Crippen LogP contribution is -2.36. The van der Waals surface area contributed by atoms with E-state index in [2.05, 4.69) is 25.3 Å². The largest absolute Gasteiger partial charge is 0.390 e. The number of rotatable bonds is 7. The van der Waals surface area contributed by atoms with E-state index in [0.29, 0.717) is 23.4 Å². The monoisotopic (exact) mass is 385 g/mol. The second-order valence-electron chi connectivity index (χ2n) is 7.75. The molecule has 0 amide bonds. The van der Waals surface area contributed by atoms with Gasteiger partial charge in [0.05, 0.1) is 24.4 Å². The normalized spacial score (nSPS) is 27.5. The summed E-state index contributed by atoms with van der Waals surface area (Å²) in [6.45, 7) is 7.59. The lowest BCUT2D eigenvalue weighted by atomic mass is 9.95. The van der Waals surface area contributed by atoms with Crippen LogP contribution in [0.3, 0.4) is 0 Å². The Labute approximate surface area is 163 Å². The molecule has 3 aromatic heterocycles. The maximum absolute atomic E-state index is 10.5. The van der Waals surface area contributed by atoms with Crippen LogP contribution < -0.4 is 5.32 Å². The number of hydrogen-bond acceptors (Lipinski definition) is 7. The fraction of sp³-hybridized carbons (Fsp3) is 0.579. The first-order chi connectivity index (χ1) is 13.5. The van der Waals surface area contributed by atoms with Gasteiger partial charge in [-0.3, -0.25) is 4.57 Å². The Bertz CT molecular complexity index is 941. The first-order valence-electron chi connectivity index (χ1n) is 9.71. The number of ether oxygens (including phenoxy) is 1. The number of imidazole rings is 2. The summed E-state index contributed by atoms with van der Waals surface area (Å²) in [7, 11) is 0. The fourth-order valence-electron chi connectivity index (χ4n) is 3.84. The van der Waals surface area contributed by atoms with E-state index in [-0.39, 0.29) is 0 Å². The van der Waals surface area contributed by atoms with Crippen LogP contribution in [0.15, 0.2) is 31.4 Å². The van der Waals surface area contributed by atoms with E-state index in [9.17, 15) is 5.11 Å². The number of aliphatic hydroxyl groups excluding tert-OH is 1. The molecule has 1 aliphatic rings. The second kappa shape index (κ2) is 7.14. The summed E-state index contributed by atoms with van der Waals surface area (Å²) in [5, 5.41) is 13.9. The smallest absolute Gasteiger partial charge is 0.167 e. The van der Waals surface area contributed by atoms with Crippen molar-refractivity contribution in [3.63, 3.8) is 0 Å². The van der Waals surface area contributed by atoms with Crippen LogP contribution in [-0.4, -0.2) is 52.4 Å². The maximum Gasteiger partial charge on any atom is 0.167 e. The third-order valence-electron chi connectivity index (χ3n) is 5.72. The van der Waals surface area contributed by atoms with E-state index in [0.717, 1.165) is 25.9 Å². The van der Waals surface area contributed by atoms with Gasteiger partial charge in [0.15, 0.2) is 17.0 Å². The van der Waals surface area contributed by atoms with Crippen LogP contribution in [0.4, 0.5) is 5.82 Å². The first kappa shape index (κ1) is 18.8. The van der Waals surface area contributed by atoms with Crippen molar-refractivity contribution in [3.05, 3.63) is 31.4 Å². The molecule has 9 nitrogen and oxygen atoms in total. The molecule has 150 valence electrons. The summed E-state index contributed by atoms with van der Waals surface area (Å²) in [6.07, 6.45) is 10.4. The number of aromatic nitrogens is 6. The number of fused-ring (bicyclic) bond motifs is 1. The Balaban J connectivity index is 1.52. The van der Waals surface area contributed by atoms with Gasteiger partial charge in [-0.15, -0.1) is 0 Å². The van der Waals surface area contributed by atoms with E-state index >= 15 is 0 Å². The zero-order valence-electron chi connectivity index (χ0n) is 16.5. The summed E-state index contributed by atoms with van der Waals surface area (Å²) >= 11 is 0. The standard InChI is InChI=1S/C19H27N7O2/c1-4-18(2)14(27)10-19(3,28-18)26-13-24-15-16(22-11-23-17(15)26)21-6-5-8-25-9-7-20-12-25/h7,9,11-14,27H,4-6,8,10H2,1-3H3,(H,21,22,23). The van der Waals surface area contributed by atoms with Crippen molar-refractivity contribution in [2.24, 2.45) is 0 Å². The molecule has 3 unspecified atom stereocenters. The first-order valence-corrected chi connectivity index (χ1v) is 9.71. The zero-order valence-corrected chi connectivity index (χ0v) is 16.5. The van der Waals surface area contributed by atoms with E-state index in [1.807, 2.05) is 42.4 Å². The molecule has 2 N–H and O–H groups in total. The number of aliphatic hydroxyl groups is 1. The SMILES string of the molecule is CCC1(C)OC(C)(n2cnc3c(NCCCn4ccnc4)ncnc32)CC1O. The summed E-state index contributed by atoms with van der Waals surface area (Å²) in [5.74, 6) is 0.703. The fourth-order valence-corrected chi connectivity index (χ4v) is 3.84. The van der Waals surface area contributed by atoms with Gasteiger partial charge in [0, 0.05) is 31.9 Å². The molecule has 4 rings (SSSR count). The minimum absolute atomic E-state index is 0.487. The van der Waals surface area contributed by atoms with Crippen molar-refractivity contribution in [1.29, 1.82) is 0 Å². The maximum atomic E-state index is 10.5. The molecular weight excluding hydrogens is 358 g/mol. The quantitative estimate of drug-likeness (QED) is 0.601. The van der Waals surface area contributed by atoms with Crippen LogP contribution >= 0.6 is 0 Å². The van der Waals surface area contributed by atoms with Gasteiger partial charge in [-0.2, -0.15) is 0 Å². The van der Waals surface area contributed by atoms with Crippen LogP contribution in [0.5, 0.6) is 0 Å². The van der Waals surface area contributed by atoms with Crippen molar-refractivity contribution in [2.45, 2.75) is 64.0 Å². The molecule has 0 radical (unpaired) electrons. The van der Waals surface area contributed by atoms with Gasteiger partial charge >= 0.3 is 0 Å². The summed E-state index contributed by atoms with van der Waals surface area (Å²) in [6, 6.07) is 0. The van der Waals surface area contributed by atoms with E-state index < -0.39 is 17.4 Å². The molecule has 1 fully saturated rings. The van der Waals surface area contributed by atoms with Crippen LogP contribution in [0.2, 0.25) is 0 Å². The van der Waals surface area contributed by atoms with Crippen molar-refractivity contribution in [1.82, 2.24) is 29.1 Å². The molecule has 3 atom stereocenters. The number of anilines is 1. The molecule has 9 heteroatoms. The second-order valence-corrected chi connectivity index (χ2v) is 7.75. The minimum atomic E-state index is -0.702. The molecule has 28 heavy (non-hydrogen) atoms. The van der Waals surface area contributed by atoms with Gasteiger partial charge in [0.2, 0.25) is 0 Å². The molecule has 4 heterocycles. The predicted octanol–water partition coefficient (Wildman–Crippen LogP) is 2.15. The zero-order chi connectivity index (χ0) is 19.8. The van der Waals surface area contributed by atoms with Gasteiger partial charge in [0.25, 0.3) is 0 Å². The predicted molar refractivity (Wildman–Crippen MR) is 105 cm³/mol. The molecule has 0 aromatic carbocycles. The third-order valence-corrected chi connectivity index (χ3v) is 5.72. The van der Waals surface area contributed by atoms with Crippen molar-refractivity contribution in [3.8, 4) is 0 Å². The summed E-state index contributed by atoms with van der Waals surface area (Å²) in [5.41, 5.74) is 0.121. The molecule has 0 bridgehead atoms. The number of nitrogens with one attached hydrogen (secondary N) is 1. The highest BCUT2D eigenvalue weighted by atomic mass is 16.6. The van der Waals surface area contributed by atoms with Gasteiger partial charge in [0.1, 0.15) is 12.1 Å². The molecule has 1 aliphatic heterocycles. The third kappa shape index (κ3) is 3.24. The summed E-state index contributed by atoms with van der Waals surface area (Å²) < 4.78 is 10.3. The number of hydrogen-bond donors (Lipinski definition) is 2. The molecule has 0 aliphatic carbocycles. The Morgan fingerprint density at radius 1 is 1.29 bits per heavy atom.